The Balaban J connectivity index is 2.26. The van der Waals surface area contributed by atoms with Crippen molar-refractivity contribution in [2.75, 3.05) is 11.5 Å². The molecular formula is C16H15N5. The Bertz CT molecular complexity index is 784. The predicted octanol–water partition coefficient (Wildman–Crippen LogP) is 2.68. The molecule has 0 aliphatic rings. The summed E-state index contributed by atoms with van der Waals surface area (Å²) in [6.07, 6.45) is 5.21. The number of benzene rings is 1. The van der Waals surface area contributed by atoms with Gasteiger partial charge in [-0.2, -0.15) is 0 Å². The zero-order chi connectivity index (χ0) is 14.8. The molecule has 0 saturated carbocycles. The third kappa shape index (κ3) is 2.53. The van der Waals surface area contributed by atoms with Crippen molar-refractivity contribution in [2.45, 2.75) is 6.92 Å². The first-order valence-electron chi connectivity index (χ1n) is 6.54. The first-order valence-corrected chi connectivity index (χ1v) is 6.54. The van der Waals surface area contributed by atoms with Gasteiger partial charge in [-0.1, -0.05) is 6.07 Å². The molecule has 0 atom stereocenters. The van der Waals surface area contributed by atoms with E-state index in [1.165, 1.54) is 0 Å². The van der Waals surface area contributed by atoms with Gasteiger partial charge in [0, 0.05) is 35.4 Å². The van der Waals surface area contributed by atoms with Crippen LogP contribution >= 0.6 is 0 Å². The monoisotopic (exact) mass is 277 g/mol. The van der Waals surface area contributed by atoms with Gasteiger partial charge in [0.1, 0.15) is 0 Å². The second kappa shape index (κ2) is 5.20. The first kappa shape index (κ1) is 13.1. The molecule has 2 heterocycles. The molecule has 5 heteroatoms. The molecule has 0 radical (unpaired) electrons. The van der Waals surface area contributed by atoms with E-state index in [-0.39, 0.29) is 5.95 Å². The van der Waals surface area contributed by atoms with Crippen LogP contribution in [0.3, 0.4) is 0 Å². The summed E-state index contributed by atoms with van der Waals surface area (Å²) >= 11 is 0. The van der Waals surface area contributed by atoms with Gasteiger partial charge in [0.15, 0.2) is 0 Å². The maximum absolute atomic E-state index is 5.91. The number of aryl methyl sites for hydroxylation is 1. The van der Waals surface area contributed by atoms with Gasteiger partial charge in [0.2, 0.25) is 5.95 Å². The maximum atomic E-state index is 5.91. The smallest absolute Gasteiger partial charge is 0.220 e. The van der Waals surface area contributed by atoms with Crippen LogP contribution in [0, 0.1) is 6.92 Å². The molecule has 1 aromatic carbocycles. The fourth-order valence-corrected chi connectivity index (χ4v) is 2.25. The lowest BCUT2D eigenvalue weighted by atomic mass is 9.97. The van der Waals surface area contributed by atoms with Crippen molar-refractivity contribution in [1.29, 1.82) is 0 Å². The van der Waals surface area contributed by atoms with E-state index in [1.54, 1.807) is 18.6 Å². The molecule has 0 aliphatic heterocycles. The zero-order valence-electron chi connectivity index (χ0n) is 11.6. The fourth-order valence-electron chi connectivity index (χ4n) is 2.25. The number of anilines is 2. The summed E-state index contributed by atoms with van der Waals surface area (Å²) in [5.41, 5.74) is 17.0. The topological polar surface area (TPSA) is 90.7 Å². The largest absolute Gasteiger partial charge is 0.399 e. The van der Waals surface area contributed by atoms with Crippen LogP contribution < -0.4 is 11.5 Å². The Morgan fingerprint density at radius 2 is 1.86 bits per heavy atom. The Kier molecular flexibility index (Phi) is 3.23. The van der Waals surface area contributed by atoms with Crippen LogP contribution in [0.5, 0.6) is 0 Å². The molecule has 104 valence electrons. The molecule has 0 fully saturated rings. The molecule has 0 saturated heterocycles. The van der Waals surface area contributed by atoms with Gasteiger partial charge >= 0.3 is 0 Å². The highest BCUT2D eigenvalue weighted by Gasteiger charge is 2.13. The van der Waals surface area contributed by atoms with Crippen LogP contribution in [0.15, 0.2) is 48.9 Å². The third-order valence-electron chi connectivity index (χ3n) is 3.29. The predicted molar refractivity (Wildman–Crippen MR) is 84.3 cm³/mol. The number of hydrogen-bond donors (Lipinski definition) is 2. The van der Waals surface area contributed by atoms with E-state index < -0.39 is 0 Å². The normalized spacial score (nSPS) is 10.5. The molecule has 0 aliphatic carbocycles. The number of pyridine rings is 1. The van der Waals surface area contributed by atoms with E-state index in [0.717, 1.165) is 27.9 Å². The highest BCUT2D eigenvalue weighted by atomic mass is 15.0. The summed E-state index contributed by atoms with van der Waals surface area (Å²) in [4.78, 5) is 12.6. The zero-order valence-corrected chi connectivity index (χ0v) is 11.6. The molecular weight excluding hydrogens is 262 g/mol. The second-order valence-electron chi connectivity index (χ2n) is 4.81. The SMILES string of the molecule is Cc1ccc(N)cc1-c1cnc(N)nc1-c1cccnc1. The Hall–Kier alpha value is -2.95. The highest BCUT2D eigenvalue weighted by molar-refractivity contribution is 5.83. The van der Waals surface area contributed by atoms with Crippen LogP contribution in [-0.4, -0.2) is 15.0 Å². The second-order valence-corrected chi connectivity index (χ2v) is 4.81. The Morgan fingerprint density at radius 1 is 1.00 bits per heavy atom. The van der Waals surface area contributed by atoms with Gasteiger partial charge < -0.3 is 11.5 Å². The average Bonchev–Trinajstić information content (AvgIpc) is 2.51. The molecule has 0 amide bonds. The molecule has 3 rings (SSSR count). The van der Waals surface area contributed by atoms with Crippen molar-refractivity contribution in [3.63, 3.8) is 0 Å². The molecule has 21 heavy (non-hydrogen) atoms. The minimum absolute atomic E-state index is 0.235. The lowest BCUT2D eigenvalue weighted by Crippen LogP contribution is -2.00. The summed E-state index contributed by atoms with van der Waals surface area (Å²) in [6.45, 7) is 2.03. The minimum atomic E-state index is 0.235. The molecule has 4 N–H and O–H groups in total. The summed E-state index contributed by atoms with van der Waals surface area (Å²) in [5, 5.41) is 0. The summed E-state index contributed by atoms with van der Waals surface area (Å²) in [7, 11) is 0. The van der Waals surface area contributed by atoms with Crippen molar-refractivity contribution in [2.24, 2.45) is 0 Å². The van der Waals surface area contributed by atoms with E-state index in [1.807, 2.05) is 37.3 Å². The van der Waals surface area contributed by atoms with E-state index in [4.69, 9.17) is 11.5 Å². The van der Waals surface area contributed by atoms with Crippen LogP contribution in [0.2, 0.25) is 0 Å². The van der Waals surface area contributed by atoms with Gasteiger partial charge in [-0.3, -0.25) is 4.98 Å². The average molecular weight is 277 g/mol. The molecule has 3 aromatic rings. The quantitative estimate of drug-likeness (QED) is 0.703. The molecule has 2 aromatic heterocycles. The summed E-state index contributed by atoms with van der Waals surface area (Å²) < 4.78 is 0. The van der Waals surface area contributed by atoms with Crippen LogP contribution in [0.4, 0.5) is 11.6 Å². The first-order chi connectivity index (χ1) is 10.1. The lowest BCUT2D eigenvalue weighted by molar-refractivity contribution is 1.18. The van der Waals surface area contributed by atoms with Crippen molar-refractivity contribution < 1.29 is 0 Å². The maximum Gasteiger partial charge on any atom is 0.220 e. The Morgan fingerprint density at radius 3 is 2.62 bits per heavy atom. The summed E-state index contributed by atoms with van der Waals surface area (Å²) in [5.74, 6) is 0.235. The lowest BCUT2D eigenvalue weighted by Gasteiger charge is -2.12. The number of nitrogens with zero attached hydrogens (tertiary/aromatic N) is 3. The molecule has 5 nitrogen and oxygen atoms in total. The molecule has 0 bridgehead atoms. The van der Waals surface area contributed by atoms with Crippen LogP contribution in [0.1, 0.15) is 5.56 Å². The van der Waals surface area contributed by atoms with Crippen molar-refractivity contribution in [3.05, 3.63) is 54.5 Å². The molecule has 0 spiro atoms. The van der Waals surface area contributed by atoms with Crippen LogP contribution in [0.25, 0.3) is 22.4 Å². The molecule has 0 unspecified atom stereocenters. The number of rotatable bonds is 2. The van der Waals surface area contributed by atoms with Crippen molar-refractivity contribution >= 4 is 11.6 Å². The van der Waals surface area contributed by atoms with Crippen LogP contribution in [-0.2, 0) is 0 Å². The fraction of sp³-hybridized carbons (Fsp3) is 0.0625. The standard InChI is InChI=1S/C16H15N5/c1-10-4-5-12(17)7-13(10)14-9-20-16(18)21-15(14)11-3-2-6-19-8-11/h2-9H,17H2,1H3,(H2,18,20,21). The van der Waals surface area contributed by atoms with Gasteiger partial charge in [-0.25, -0.2) is 9.97 Å². The minimum Gasteiger partial charge on any atom is -0.399 e. The number of aromatic nitrogens is 3. The van der Waals surface area contributed by atoms with E-state index >= 15 is 0 Å². The van der Waals surface area contributed by atoms with Gasteiger partial charge in [0.05, 0.1) is 5.69 Å². The highest BCUT2D eigenvalue weighted by Crippen LogP contribution is 2.33. The number of nitrogen functional groups attached to an aromatic ring is 2. The number of hydrogen-bond acceptors (Lipinski definition) is 5. The van der Waals surface area contributed by atoms with E-state index in [0.29, 0.717) is 5.69 Å². The third-order valence-corrected chi connectivity index (χ3v) is 3.29. The Labute approximate surface area is 122 Å². The van der Waals surface area contributed by atoms with Crippen molar-refractivity contribution in [1.82, 2.24) is 15.0 Å². The van der Waals surface area contributed by atoms with E-state index in [2.05, 4.69) is 15.0 Å². The number of nitrogens with two attached hydrogens (primary N) is 2. The van der Waals surface area contributed by atoms with Gasteiger partial charge in [0.25, 0.3) is 0 Å². The van der Waals surface area contributed by atoms with E-state index in [9.17, 15) is 0 Å². The van der Waals surface area contributed by atoms with Gasteiger partial charge in [-0.15, -0.1) is 0 Å². The summed E-state index contributed by atoms with van der Waals surface area (Å²) in [6, 6.07) is 9.59. The van der Waals surface area contributed by atoms with Gasteiger partial charge in [-0.05, 0) is 42.3 Å². The van der Waals surface area contributed by atoms with Crippen molar-refractivity contribution in [3.8, 4) is 22.4 Å².